The minimum absolute atomic E-state index is 0.0589. The van der Waals surface area contributed by atoms with Gasteiger partial charge in [-0.2, -0.15) is 0 Å². The number of fused-ring (bicyclic) bond motifs is 1. The first-order valence-corrected chi connectivity index (χ1v) is 8.24. The van der Waals surface area contributed by atoms with Gasteiger partial charge >= 0.3 is 0 Å². The highest BCUT2D eigenvalue weighted by Gasteiger charge is 2.10. The number of nitrogens with zero attached hydrogens (tertiary/aromatic N) is 1. The number of pyridine rings is 1. The van der Waals surface area contributed by atoms with E-state index in [0.29, 0.717) is 13.1 Å². The average Bonchev–Trinajstić information content (AvgIpc) is 2.61. The minimum Gasteiger partial charge on any atom is -0.395 e. The molecule has 0 radical (unpaired) electrons. The van der Waals surface area contributed by atoms with Gasteiger partial charge in [-0.15, -0.1) is 0 Å². The molecule has 2 N–H and O–H groups in total. The summed E-state index contributed by atoms with van der Waals surface area (Å²) in [6.07, 6.45) is 0.895. The molecule has 0 atom stereocenters. The predicted molar refractivity (Wildman–Crippen MR) is 97.1 cm³/mol. The standard InChI is InChI=1S/C20H22N2O2/c23-13-12-22(11-10-16-6-2-1-3-7-16)15-18-14-17-8-4-5-9-19(17)21-20(18)24/h1-9,14,23H,10-13,15H2,(H,21,24). The van der Waals surface area contributed by atoms with Gasteiger partial charge < -0.3 is 10.1 Å². The third-order valence-electron chi connectivity index (χ3n) is 4.20. The second kappa shape index (κ2) is 7.90. The second-order valence-electron chi connectivity index (χ2n) is 5.95. The maximum atomic E-state index is 12.3. The number of H-pyrrole nitrogens is 1. The van der Waals surface area contributed by atoms with Crippen LogP contribution in [0.5, 0.6) is 0 Å². The monoisotopic (exact) mass is 322 g/mol. The molecule has 0 saturated carbocycles. The molecule has 0 aliphatic rings. The fourth-order valence-corrected chi connectivity index (χ4v) is 2.89. The van der Waals surface area contributed by atoms with Crippen molar-refractivity contribution in [3.63, 3.8) is 0 Å². The summed E-state index contributed by atoms with van der Waals surface area (Å²) in [6, 6.07) is 20.0. The normalized spacial score (nSPS) is 11.2. The molecule has 0 aliphatic carbocycles. The molecule has 0 bridgehead atoms. The van der Waals surface area contributed by atoms with Crippen LogP contribution in [-0.2, 0) is 13.0 Å². The number of rotatable bonds is 7. The first-order valence-electron chi connectivity index (χ1n) is 8.24. The van der Waals surface area contributed by atoms with Crippen molar-refractivity contribution in [2.24, 2.45) is 0 Å². The lowest BCUT2D eigenvalue weighted by Gasteiger charge is -2.21. The fourth-order valence-electron chi connectivity index (χ4n) is 2.89. The molecule has 0 fully saturated rings. The summed E-state index contributed by atoms with van der Waals surface area (Å²) in [5, 5.41) is 10.4. The van der Waals surface area contributed by atoms with Gasteiger partial charge in [-0.1, -0.05) is 48.5 Å². The zero-order chi connectivity index (χ0) is 16.8. The number of hydrogen-bond donors (Lipinski definition) is 2. The molecular formula is C20H22N2O2. The van der Waals surface area contributed by atoms with Crippen LogP contribution in [0.4, 0.5) is 0 Å². The van der Waals surface area contributed by atoms with E-state index in [2.05, 4.69) is 22.0 Å². The average molecular weight is 322 g/mol. The van der Waals surface area contributed by atoms with Crippen LogP contribution in [0.15, 0.2) is 65.5 Å². The van der Waals surface area contributed by atoms with E-state index < -0.39 is 0 Å². The lowest BCUT2D eigenvalue weighted by Crippen LogP contribution is -2.31. The fraction of sp³-hybridized carbons (Fsp3) is 0.250. The molecule has 0 aliphatic heterocycles. The molecule has 124 valence electrons. The van der Waals surface area contributed by atoms with E-state index >= 15 is 0 Å². The SMILES string of the molecule is O=c1[nH]c2ccccc2cc1CN(CCO)CCc1ccccc1. The van der Waals surface area contributed by atoms with E-state index in [4.69, 9.17) is 0 Å². The third-order valence-corrected chi connectivity index (χ3v) is 4.20. The number of aliphatic hydroxyl groups excluding tert-OH is 1. The Balaban J connectivity index is 1.75. The van der Waals surface area contributed by atoms with E-state index in [1.165, 1.54) is 5.56 Å². The molecule has 3 rings (SSSR count). The van der Waals surface area contributed by atoms with Gasteiger partial charge in [0.25, 0.3) is 5.56 Å². The molecule has 0 saturated heterocycles. The lowest BCUT2D eigenvalue weighted by atomic mass is 10.1. The van der Waals surface area contributed by atoms with Gasteiger partial charge in [-0.25, -0.2) is 0 Å². The Morgan fingerprint density at radius 1 is 0.958 bits per heavy atom. The number of benzene rings is 2. The van der Waals surface area contributed by atoms with Crippen molar-refractivity contribution >= 4 is 10.9 Å². The van der Waals surface area contributed by atoms with Crippen molar-refractivity contribution in [1.82, 2.24) is 9.88 Å². The molecule has 1 heterocycles. The molecule has 1 aromatic heterocycles. The van der Waals surface area contributed by atoms with E-state index in [1.807, 2.05) is 48.5 Å². The van der Waals surface area contributed by atoms with Crippen LogP contribution in [0.25, 0.3) is 10.9 Å². The van der Waals surface area contributed by atoms with Gasteiger partial charge in [0.15, 0.2) is 0 Å². The van der Waals surface area contributed by atoms with Crippen molar-refractivity contribution in [2.45, 2.75) is 13.0 Å². The van der Waals surface area contributed by atoms with Crippen LogP contribution in [0.3, 0.4) is 0 Å². The Morgan fingerprint density at radius 2 is 1.71 bits per heavy atom. The third kappa shape index (κ3) is 4.10. The smallest absolute Gasteiger partial charge is 0.252 e. The first kappa shape index (κ1) is 16.4. The Hall–Kier alpha value is -2.43. The number of para-hydroxylation sites is 1. The Morgan fingerprint density at radius 3 is 2.50 bits per heavy atom. The molecule has 3 aromatic rings. The zero-order valence-electron chi connectivity index (χ0n) is 13.6. The molecule has 4 heteroatoms. The number of nitrogens with one attached hydrogen (secondary N) is 1. The van der Waals surface area contributed by atoms with Crippen molar-refractivity contribution < 1.29 is 5.11 Å². The van der Waals surface area contributed by atoms with Gasteiger partial charge in [0, 0.05) is 30.7 Å². The maximum absolute atomic E-state index is 12.3. The van der Waals surface area contributed by atoms with E-state index in [9.17, 15) is 9.90 Å². The number of aromatic amines is 1. The second-order valence-corrected chi connectivity index (χ2v) is 5.95. The van der Waals surface area contributed by atoms with Crippen LogP contribution < -0.4 is 5.56 Å². The molecular weight excluding hydrogens is 300 g/mol. The van der Waals surface area contributed by atoms with E-state index in [1.54, 1.807) is 0 Å². The van der Waals surface area contributed by atoms with Gasteiger partial charge in [-0.05, 0) is 29.5 Å². The van der Waals surface area contributed by atoms with Crippen LogP contribution in [0.1, 0.15) is 11.1 Å². The summed E-state index contributed by atoms with van der Waals surface area (Å²) in [5.74, 6) is 0. The highest BCUT2D eigenvalue weighted by atomic mass is 16.3. The van der Waals surface area contributed by atoms with Crippen LogP contribution in [0.2, 0.25) is 0 Å². The van der Waals surface area contributed by atoms with Gasteiger partial charge in [0.1, 0.15) is 0 Å². The van der Waals surface area contributed by atoms with Gasteiger partial charge in [-0.3, -0.25) is 9.69 Å². The van der Waals surface area contributed by atoms with Crippen molar-refractivity contribution in [3.8, 4) is 0 Å². The quantitative estimate of drug-likeness (QED) is 0.703. The summed E-state index contributed by atoms with van der Waals surface area (Å²) in [4.78, 5) is 17.4. The summed E-state index contributed by atoms with van der Waals surface area (Å²) < 4.78 is 0. The minimum atomic E-state index is -0.0589. The van der Waals surface area contributed by atoms with E-state index in [-0.39, 0.29) is 12.2 Å². The Bertz CT molecular complexity index is 843. The largest absolute Gasteiger partial charge is 0.395 e. The van der Waals surface area contributed by atoms with Crippen LogP contribution in [0, 0.1) is 0 Å². The molecule has 4 nitrogen and oxygen atoms in total. The molecule has 0 spiro atoms. The van der Waals surface area contributed by atoms with Crippen molar-refractivity contribution in [2.75, 3.05) is 19.7 Å². The summed E-state index contributed by atoms with van der Waals surface area (Å²) >= 11 is 0. The maximum Gasteiger partial charge on any atom is 0.252 e. The van der Waals surface area contributed by atoms with Crippen molar-refractivity contribution in [1.29, 1.82) is 0 Å². The summed E-state index contributed by atoms with van der Waals surface area (Å²) in [7, 11) is 0. The number of hydrogen-bond acceptors (Lipinski definition) is 3. The molecule has 24 heavy (non-hydrogen) atoms. The summed E-state index contributed by atoms with van der Waals surface area (Å²) in [5.41, 5.74) is 2.78. The zero-order valence-corrected chi connectivity index (χ0v) is 13.6. The van der Waals surface area contributed by atoms with E-state index in [0.717, 1.165) is 29.4 Å². The molecule has 0 amide bonds. The highest BCUT2D eigenvalue weighted by molar-refractivity contribution is 5.78. The topological polar surface area (TPSA) is 56.3 Å². The van der Waals surface area contributed by atoms with Gasteiger partial charge in [0.2, 0.25) is 0 Å². The number of aromatic nitrogens is 1. The van der Waals surface area contributed by atoms with Crippen LogP contribution >= 0.6 is 0 Å². The predicted octanol–water partition coefficient (Wildman–Crippen LogP) is 2.57. The lowest BCUT2D eigenvalue weighted by molar-refractivity contribution is 0.191. The molecule has 2 aromatic carbocycles. The van der Waals surface area contributed by atoms with Crippen molar-refractivity contribution in [3.05, 3.63) is 82.1 Å². The first-order chi connectivity index (χ1) is 11.8. The number of aliphatic hydroxyl groups is 1. The summed E-state index contributed by atoms with van der Waals surface area (Å²) in [6.45, 7) is 1.98. The Labute approximate surface area is 141 Å². The van der Waals surface area contributed by atoms with Gasteiger partial charge in [0.05, 0.1) is 6.61 Å². The molecule has 0 unspecified atom stereocenters. The highest BCUT2D eigenvalue weighted by Crippen LogP contribution is 2.12. The van der Waals surface area contributed by atoms with Crippen LogP contribution in [-0.4, -0.2) is 34.7 Å². The Kier molecular flexibility index (Phi) is 5.41.